The zero-order valence-electron chi connectivity index (χ0n) is 9.07. The molecule has 0 aliphatic rings. The molecule has 2 rings (SSSR count). The maximum Gasteiger partial charge on any atom is 0.0737 e. The Morgan fingerprint density at radius 1 is 1.27 bits per heavy atom. The van der Waals surface area contributed by atoms with E-state index in [9.17, 15) is 0 Å². The maximum absolute atomic E-state index is 5.84. The Kier molecular flexibility index (Phi) is 2.46. The first-order valence-corrected chi connectivity index (χ1v) is 5.11. The third-order valence-corrected chi connectivity index (χ3v) is 2.51. The van der Waals surface area contributed by atoms with E-state index in [0.29, 0.717) is 0 Å². The largest absolute Gasteiger partial charge is 0.396 e. The van der Waals surface area contributed by atoms with Gasteiger partial charge in [0.2, 0.25) is 0 Å². The van der Waals surface area contributed by atoms with Gasteiger partial charge in [-0.15, -0.1) is 0 Å². The lowest BCUT2D eigenvalue weighted by molar-refractivity contribution is 0.815. The van der Waals surface area contributed by atoms with Gasteiger partial charge in [0.15, 0.2) is 0 Å². The van der Waals surface area contributed by atoms with Crippen molar-refractivity contribution in [2.75, 3.05) is 5.73 Å². The fraction of sp³-hybridized carbons (Fsp3) is 0.250. The van der Waals surface area contributed by atoms with Crippen molar-refractivity contribution >= 4 is 5.69 Å². The second-order valence-corrected chi connectivity index (χ2v) is 3.65. The first-order chi connectivity index (χ1) is 7.22. The Balaban J connectivity index is 2.49. The van der Waals surface area contributed by atoms with Crippen LogP contribution in [0.4, 0.5) is 5.69 Å². The molecule has 1 aromatic carbocycles. The summed E-state index contributed by atoms with van der Waals surface area (Å²) in [5.74, 6) is 0. The van der Waals surface area contributed by atoms with Gasteiger partial charge in [-0.05, 0) is 25.5 Å². The molecule has 0 radical (unpaired) electrons. The highest BCUT2D eigenvalue weighted by Gasteiger charge is 2.07. The van der Waals surface area contributed by atoms with Crippen molar-refractivity contribution in [1.29, 1.82) is 0 Å². The zero-order valence-corrected chi connectivity index (χ0v) is 9.07. The van der Waals surface area contributed by atoms with Crippen LogP contribution in [0.15, 0.2) is 30.5 Å². The lowest BCUT2D eigenvalue weighted by atomic mass is 10.2. The minimum Gasteiger partial charge on any atom is -0.396 e. The summed E-state index contributed by atoms with van der Waals surface area (Å²) < 4.78 is 1.90. The van der Waals surface area contributed by atoms with Gasteiger partial charge in [-0.25, -0.2) is 4.68 Å². The van der Waals surface area contributed by atoms with E-state index in [2.05, 4.69) is 43.2 Å². The molecule has 15 heavy (non-hydrogen) atoms. The third-order valence-electron chi connectivity index (χ3n) is 2.51. The number of rotatable bonds is 2. The van der Waals surface area contributed by atoms with Crippen LogP contribution in [-0.4, -0.2) is 9.78 Å². The lowest BCUT2D eigenvalue weighted by Gasteiger charge is -2.06. The summed E-state index contributed by atoms with van der Waals surface area (Å²) in [5, 5.41) is 4.28. The van der Waals surface area contributed by atoms with Crippen LogP contribution in [0.3, 0.4) is 0 Å². The number of nitrogen functional groups attached to an aromatic ring is 1. The number of nitrogens with zero attached hydrogens (tertiary/aromatic N) is 2. The Bertz CT molecular complexity index is 454. The average Bonchev–Trinajstić information content (AvgIpc) is 2.61. The fourth-order valence-corrected chi connectivity index (χ4v) is 1.65. The van der Waals surface area contributed by atoms with Gasteiger partial charge >= 0.3 is 0 Å². The van der Waals surface area contributed by atoms with Crippen molar-refractivity contribution in [3.8, 4) is 5.69 Å². The molecule has 0 atom stereocenters. The normalized spacial score (nSPS) is 10.5. The quantitative estimate of drug-likeness (QED) is 0.810. The monoisotopic (exact) mass is 201 g/mol. The first-order valence-electron chi connectivity index (χ1n) is 5.11. The van der Waals surface area contributed by atoms with Gasteiger partial charge in [-0.1, -0.05) is 24.6 Å². The number of hydrogen-bond acceptors (Lipinski definition) is 2. The molecule has 0 aliphatic heterocycles. The summed E-state index contributed by atoms with van der Waals surface area (Å²) in [6.45, 7) is 4.15. The van der Waals surface area contributed by atoms with Gasteiger partial charge in [0.25, 0.3) is 0 Å². The van der Waals surface area contributed by atoms with Crippen LogP contribution < -0.4 is 5.73 Å². The molecular weight excluding hydrogens is 186 g/mol. The van der Waals surface area contributed by atoms with Gasteiger partial charge in [0, 0.05) is 0 Å². The number of benzene rings is 1. The molecule has 2 aromatic rings. The van der Waals surface area contributed by atoms with Gasteiger partial charge in [-0.2, -0.15) is 5.10 Å². The van der Waals surface area contributed by atoms with Crippen molar-refractivity contribution in [2.24, 2.45) is 0 Å². The van der Waals surface area contributed by atoms with Gasteiger partial charge in [0.1, 0.15) is 0 Å². The van der Waals surface area contributed by atoms with Crippen LogP contribution in [0.2, 0.25) is 0 Å². The van der Waals surface area contributed by atoms with E-state index < -0.39 is 0 Å². The molecule has 1 heterocycles. The Labute approximate surface area is 89.5 Å². The predicted octanol–water partition coefficient (Wildman–Crippen LogP) is 2.33. The summed E-state index contributed by atoms with van der Waals surface area (Å²) in [6.07, 6.45) is 2.60. The second kappa shape index (κ2) is 3.77. The van der Waals surface area contributed by atoms with Crippen molar-refractivity contribution in [1.82, 2.24) is 9.78 Å². The molecule has 3 heteroatoms. The fourth-order valence-electron chi connectivity index (χ4n) is 1.65. The van der Waals surface area contributed by atoms with E-state index in [4.69, 9.17) is 5.73 Å². The molecule has 3 nitrogen and oxygen atoms in total. The molecule has 78 valence electrons. The Hall–Kier alpha value is -1.77. The summed E-state index contributed by atoms with van der Waals surface area (Å²) in [4.78, 5) is 0. The minimum atomic E-state index is 0.762. The molecule has 0 saturated heterocycles. The van der Waals surface area contributed by atoms with Crippen LogP contribution in [-0.2, 0) is 6.42 Å². The van der Waals surface area contributed by atoms with E-state index >= 15 is 0 Å². The SMILES string of the molecule is CCc1c(N)cnn1-c1ccc(C)cc1. The molecule has 0 saturated carbocycles. The highest BCUT2D eigenvalue weighted by atomic mass is 15.3. The first kappa shape index (κ1) is 9.77. The smallest absolute Gasteiger partial charge is 0.0737 e. The van der Waals surface area contributed by atoms with E-state index in [1.54, 1.807) is 6.20 Å². The van der Waals surface area contributed by atoms with Crippen molar-refractivity contribution in [3.05, 3.63) is 41.7 Å². The third kappa shape index (κ3) is 1.73. The maximum atomic E-state index is 5.84. The topological polar surface area (TPSA) is 43.8 Å². The van der Waals surface area contributed by atoms with Crippen molar-refractivity contribution < 1.29 is 0 Å². The summed E-state index contributed by atoms with van der Waals surface area (Å²) in [6, 6.07) is 8.27. The minimum absolute atomic E-state index is 0.762. The number of hydrogen-bond donors (Lipinski definition) is 1. The summed E-state index contributed by atoms with van der Waals surface area (Å²) in [7, 11) is 0. The number of aromatic nitrogens is 2. The van der Waals surface area contributed by atoms with E-state index in [-0.39, 0.29) is 0 Å². The molecule has 1 aromatic heterocycles. The van der Waals surface area contributed by atoms with Crippen molar-refractivity contribution in [2.45, 2.75) is 20.3 Å². The Morgan fingerprint density at radius 2 is 1.93 bits per heavy atom. The summed E-state index contributed by atoms with van der Waals surface area (Å²) in [5.41, 5.74) is 9.98. The van der Waals surface area contributed by atoms with E-state index in [1.165, 1.54) is 5.56 Å². The molecule has 2 N–H and O–H groups in total. The molecule has 0 spiro atoms. The summed E-state index contributed by atoms with van der Waals surface area (Å²) >= 11 is 0. The molecule has 0 aliphatic carbocycles. The molecule has 0 unspecified atom stereocenters. The molecular formula is C12H15N3. The van der Waals surface area contributed by atoms with Crippen LogP contribution in [0.5, 0.6) is 0 Å². The van der Waals surface area contributed by atoms with Gasteiger partial charge < -0.3 is 5.73 Å². The highest BCUT2D eigenvalue weighted by Crippen LogP contribution is 2.17. The van der Waals surface area contributed by atoms with Gasteiger partial charge in [-0.3, -0.25) is 0 Å². The van der Waals surface area contributed by atoms with E-state index in [0.717, 1.165) is 23.5 Å². The number of nitrogens with two attached hydrogens (primary N) is 1. The molecule has 0 amide bonds. The second-order valence-electron chi connectivity index (χ2n) is 3.65. The van der Waals surface area contributed by atoms with Crippen LogP contribution in [0.25, 0.3) is 5.69 Å². The van der Waals surface area contributed by atoms with Crippen LogP contribution in [0.1, 0.15) is 18.2 Å². The lowest BCUT2D eigenvalue weighted by Crippen LogP contribution is -2.02. The average molecular weight is 201 g/mol. The van der Waals surface area contributed by atoms with E-state index in [1.807, 2.05) is 4.68 Å². The van der Waals surface area contributed by atoms with Crippen LogP contribution >= 0.6 is 0 Å². The molecule has 0 fully saturated rings. The highest BCUT2D eigenvalue weighted by molar-refractivity contribution is 5.46. The van der Waals surface area contributed by atoms with Crippen molar-refractivity contribution in [3.63, 3.8) is 0 Å². The number of aryl methyl sites for hydroxylation is 1. The number of anilines is 1. The molecule has 0 bridgehead atoms. The standard InChI is InChI=1S/C12H15N3/c1-3-12-11(13)8-14-15(12)10-6-4-9(2)5-7-10/h4-8H,3,13H2,1-2H3. The van der Waals surface area contributed by atoms with Gasteiger partial charge in [0.05, 0.1) is 23.3 Å². The predicted molar refractivity (Wildman–Crippen MR) is 62.1 cm³/mol. The zero-order chi connectivity index (χ0) is 10.8. The van der Waals surface area contributed by atoms with Crippen LogP contribution in [0, 0.1) is 6.92 Å². The Morgan fingerprint density at radius 3 is 2.53 bits per heavy atom.